The van der Waals surface area contributed by atoms with Crippen LogP contribution in [-0.4, -0.2) is 46.5 Å². The highest BCUT2D eigenvalue weighted by molar-refractivity contribution is 5.89. The molecule has 1 aromatic heterocycles. The second kappa shape index (κ2) is 9.13. The Morgan fingerprint density at radius 1 is 1.38 bits per heavy atom. The van der Waals surface area contributed by atoms with Crippen molar-refractivity contribution < 1.29 is 9.53 Å². The average Bonchev–Trinajstić information content (AvgIpc) is 2.88. The summed E-state index contributed by atoms with van der Waals surface area (Å²) >= 11 is 0. The molecular weight excluding hydrogens is 306 g/mol. The molecule has 1 unspecified atom stereocenters. The number of piperidine rings is 1. The molecule has 1 atom stereocenters. The van der Waals surface area contributed by atoms with Crippen molar-refractivity contribution in [2.75, 3.05) is 25.0 Å². The summed E-state index contributed by atoms with van der Waals surface area (Å²) < 4.78 is 7.33. The van der Waals surface area contributed by atoms with Crippen LogP contribution >= 0.6 is 0 Å². The molecule has 2 N–H and O–H groups in total. The number of carbonyl (C=O) groups is 1. The summed E-state index contributed by atoms with van der Waals surface area (Å²) in [4.78, 5) is 16.6. The normalized spacial score (nSPS) is 17.2. The van der Waals surface area contributed by atoms with Gasteiger partial charge in [-0.25, -0.2) is 4.68 Å². The van der Waals surface area contributed by atoms with E-state index >= 15 is 0 Å². The quantitative estimate of drug-likeness (QED) is 0.759. The number of amides is 1. The predicted molar refractivity (Wildman–Crippen MR) is 94.0 cm³/mol. The zero-order chi connectivity index (χ0) is 17.5. The van der Waals surface area contributed by atoms with Gasteiger partial charge >= 0.3 is 0 Å². The Kier molecular flexibility index (Phi) is 7.17. The highest BCUT2D eigenvalue weighted by Crippen LogP contribution is 2.23. The van der Waals surface area contributed by atoms with E-state index in [0.29, 0.717) is 30.8 Å². The van der Waals surface area contributed by atoms with Gasteiger partial charge in [0.05, 0.1) is 19.1 Å². The first kappa shape index (κ1) is 18.9. The maximum absolute atomic E-state index is 12.1. The van der Waals surface area contributed by atoms with Crippen LogP contribution in [0.5, 0.6) is 0 Å². The van der Waals surface area contributed by atoms with Crippen LogP contribution in [0, 0.1) is 5.92 Å². The van der Waals surface area contributed by atoms with Gasteiger partial charge in [-0.15, -0.1) is 0 Å². The number of hydrogen-bond donors (Lipinski definition) is 2. The zero-order valence-electron chi connectivity index (χ0n) is 15.3. The molecule has 0 spiro atoms. The minimum absolute atomic E-state index is 0.0842. The van der Waals surface area contributed by atoms with Gasteiger partial charge in [0.15, 0.2) is 5.82 Å². The van der Waals surface area contributed by atoms with Gasteiger partial charge in [-0.2, -0.15) is 10.1 Å². The Labute approximate surface area is 144 Å². The molecule has 24 heavy (non-hydrogen) atoms. The van der Waals surface area contributed by atoms with Crippen molar-refractivity contribution in [3.8, 4) is 0 Å². The van der Waals surface area contributed by atoms with Crippen LogP contribution in [0.15, 0.2) is 0 Å². The van der Waals surface area contributed by atoms with Crippen molar-refractivity contribution in [3.05, 3.63) is 5.82 Å². The van der Waals surface area contributed by atoms with E-state index in [1.165, 1.54) is 0 Å². The van der Waals surface area contributed by atoms with Crippen LogP contribution in [0.2, 0.25) is 0 Å². The summed E-state index contributed by atoms with van der Waals surface area (Å²) in [5.41, 5.74) is 0. The molecule has 7 nitrogen and oxygen atoms in total. The predicted octanol–water partition coefficient (Wildman–Crippen LogP) is 2.06. The molecule has 0 saturated carbocycles. The van der Waals surface area contributed by atoms with Gasteiger partial charge in [0.2, 0.25) is 11.9 Å². The van der Waals surface area contributed by atoms with Crippen molar-refractivity contribution in [2.45, 2.75) is 58.5 Å². The van der Waals surface area contributed by atoms with E-state index in [4.69, 9.17) is 4.74 Å². The summed E-state index contributed by atoms with van der Waals surface area (Å²) in [6.07, 6.45) is 3.60. The SMILES string of the molecule is CC(C)CC(C)OCCC(=O)Nc1nc(C2CCNCC2)nn1C. The third-order valence-corrected chi connectivity index (χ3v) is 4.27. The largest absolute Gasteiger partial charge is 0.378 e. The van der Waals surface area contributed by atoms with Crippen LogP contribution in [0.1, 0.15) is 58.2 Å². The Morgan fingerprint density at radius 2 is 2.08 bits per heavy atom. The first-order valence-corrected chi connectivity index (χ1v) is 8.98. The van der Waals surface area contributed by atoms with Crippen molar-refractivity contribution in [1.82, 2.24) is 20.1 Å². The number of rotatable bonds is 8. The van der Waals surface area contributed by atoms with Crippen LogP contribution in [0.25, 0.3) is 0 Å². The van der Waals surface area contributed by atoms with Crippen LogP contribution in [-0.2, 0) is 16.6 Å². The summed E-state index contributed by atoms with van der Waals surface area (Å²) in [6, 6.07) is 0. The third-order valence-electron chi connectivity index (χ3n) is 4.27. The molecule has 0 radical (unpaired) electrons. The van der Waals surface area contributed by atoms with Crippen molar-refractivity contribution >= 4 is 11.9 Å². The molecule has 1 aliphatic rings. The molecule has 1 amide bonds. The zero-order valence-corrected chi connectivity index (χ0v) is 15.3. The van der Waals surface area contributed by atoms with E-state index < -0.39 is 0 Å². The lowest BCUT2D eigenvalue weighted by Gasteiger charge is -2.19. The molecule has 1 saturated heterocycles. The molecule has 136 valence electrons. The second-order valence-corrected chi connectivity index (χ2v) is 7.05. The number of aromatic nitrogens is 3. The summed E-state index contributed by atoms with van der Waals surface area (Å²) in [6.45, 7) is 8.80. The van der Waals surface area contributed by atoms with Crippen molar-refractivity contribution in [2.24, 2.45) is 13.0 Å². The molecular formula is C17H31N5O2. The second-order valence-electron chi connectivity index (χ2n) is 7.05. The molecule has 2 rings (SSSR count). The topological polar surface area (TPSA) is 81.1 Å². The molecule has 2 heterocycles. The molecule has 1 aromatic rings. The Bertz CT molecular complexity index is 523. The van der Waals surface area contributed by atoms with Gasteiger partial charge < -0.3 is 10.1 Å². The fourth-order valence-electron chi connectivity index (χ4n) is 3.04. The number of anilines is 1. The lowest BCUT2D eigenvalue weighted by atomic mass is 9.98. The van der Waals surface area contributed by atoms with Gasteiger partial charge in [-0.3, -0.25) is 10.1 Å². The number of nitrogens with one attached hydrogen (secondary N) is 2. The lowest BCUT2D eigenvalue weighted by molar-refractivity contribution is -0.117. The van der Waals surface area contributed by atoms with Gasteiger partial charge in [0.1, 0.15) is 0 Å². The van der Waals surface area contributed by atoms with E-state index in [-0.39, 0.29) is 12.0 Å². The van der Waals surface area contributed by atoms with Crippen molar-refractivity contribution in [3.63, 3.8) is 0 Å². The fourth-order valence-corrected chi connectivity index (χ4v) is 3.04. The number of aryl methyl sites for hydroxylation is 1. The van der Waals surface area contributed by atoms with Crippen LogP contribution in [0.4, 0.5) is 5.95 Å². The lowest BCUT2D eigenvalue weighted by Crippen LogP contribution is -2.27. The third kappa shape index (κ3) is 5.87. The highest BCUT2D eigenvalue weighted by atomic mass is 16.5. The maximum atomic E-state index is 12.1. The molecule has 0 aliphatic carbocycles. The van der Waals surface area contributed by atoms with Crippen LogP contribution in [0.3, 0.4) is 0 Å². The number of carbonyl (C=O) groups excluding carboxylic acids is 1. The molecule has 0 bridgehead atoms. The minimum atomic E-state index is -0.0842. The maximum Gasteiger partial charge on any atom is 0.229 e. The first-order chi connectivity index (χ1) is 11.5. The Balaban J connectivity index is 1.78. The van der Waals surface area contributed by atoms with E-state index in [9.17, 15) is 4.79 Å². The van der Waals surface area contributed by atoms with Gasteiger partial charge in [0.25, 0.3) is 0 Å². The van der Waals surface area contributed by atoms with E-state index in [1.54, 1.807) is 4.68 Å². The van der Waals surface area contributed by atoms with Crippen molar-refractivity contribution in [1.29, 1.82) is 0 Å². The van der Waals surface area contributed by atoms with Gasteiger partial charge in [-0.05, 0) is 45.2 Å². The smallest absolute Gasteiger partial charge is 0.229 e. The Hall–Kier alpha value is -1.47. The monoisotopic (exact) mass is 337 g/mol. The van der Waals surface area contributed by atoms with E-state index in [2.05, 4.69) is 34.6 Å². The summed E-state index contributed by atoms with van der Waals surface area (Å²) in [5.74, 6) is 2.24. The summed E-state index contributed by atoms with van der Waals surface area (Å²) in [7, 11) is 1.81. The average molecular weight is 337 g/mol. The molecule has 7 heteroatoms. The molecule has 1 fully saturated rings. The molecule has 1 aliphatic heterocycles. The summed E-state index contributed by atoms with van der Waals surface area (Å²) in [5, 5.41) is 10.6. The van der Waals surface area contributed by atoms with E-state index in [0.717, 1.165) is 38.2 Å². The number of hydrogen-bond acceptors (Lipinski definition) is 5. The van der Waals surface area contributed by atoms with Gasteiger partial charge in [0, 0.05) is 13.0 Å². The highest BCUT2D eigenvalue weighted by Gasteiger charge is 2.21. The van der Waals surface area contributed by atoms with Gasteiger partial charge in [-0.1, -0.05) is 13.8 Å². The molecule has 0 aromatic carbocycles. The standard InChI is InChI=1S/C17H31N5O2/c1-12(2)11-13(3)24-10-7-15(23)19-17-20-16(21-22(17)4)14-5-8-18-9-6-14/h12-14,18H,5-11H2,1-4H3,(H,19,20,21,23). The van der Waals surface area contributed by atoms with E-state index in [1.807, 2.05) is 14.0 Å². The minimum Gasteiger partial charge on any atom is -0.378 e. The Morgan fingerprint density at radius 3 is 2.75 bits per heavy atom. The fraction of sp³-hybridized carbons (Fsp3) is 0.824. The first-order valence-electron chi connectivity index (χ1n) is 8.98. The number of ether oxygens (including phenoxy) is 1. The number of nitrogens with zero attached hydrogens (tertiary/aromatic N) is 3. The van der Waals surface area contributed by atoms with Crippen LogP contribution < -0.4 is 10.6 Å².